The maximum Gasteiger partial charge on any atom is 0.293 e. The van der Waals surface area contributed by atoms with Crippen LogP contribution in [0.5, 0.6) is 11.5 Å². The first-order chi connectivity index (χ1) is 9.12. The quantitative estimate of drug-likeness (QED) is 0.442. The van der Waals surface area contributed by atoms with Crippen molar-refractivity contribution in [3.63, 3.8) is 0 Å². The highest BCUT2D eigenvalue weighted by Crippen LogP contribution is 2.32. The van der Waals surface area contributed by atoms with E-state index in [0.29, 0.717) is 30.8 Å². The third-order valence-corrected chi connectivity index (χ3v) is 2.91. The van der Waals surface area contributed by atoms with E-state index in [1.165, 1.54) is 19.2 Å². The number of methoxy groups -OCH3 is 1. The predicted molar refractivity (Wildman–Crippen MR) is 64.2 cm³/mol. The number of benzene rings is 1. The second-order valence-electron chi connectivity index (χ2n) is 4.19. The van der Waals surface area contributed by atoms with Crippen molar-refractivity contribution >= 4 is 12.2 Å². The number of carbonyl (C=O) groups is 1. The molecule has 7 heteroatoms. The topological polar surface area (TPSA) is 87.9 Å². The van der Waals surface area contributed by atoms with Gasteiger partial charge in [0.1, 0.15) is 23.7 Å². The van der Waals surface area contributed by atoms with Crippen molar-refractivity contribution in [2.45, 2.75) is 25.0 Å². The van der Waals surface area contributed by atoms with Gasteiger partial charge in [0.2, 0.25) is 0 Å². The highest BCUT2D eigenvalue weighted by molar-refractivity contribution is 5.46. The molecule has 0 N–H and O–H groups in total. The van der Waals surface area contributed by atoms with Crippen molar-refractivity contribution in [3.8, 4) is 11.5 Å². The minimum atomic E-state index is -0.505. The Kier molecular flexibility index (Phi) is 3.84. The number of hydrogen-bond donors (Lipinski definition) is 0. The molecule has 0 aliphatic heterocycles. The first-order valence-electron chi connectivity index (χ1n) is 5.71. The minimum absolute atomic E-state index is 0.0886. The van der Waals surface area contributed by atoms with Gasteiger partial charge in [0, 0.05) is 18.9 Å². The summed E-state index contributed by atoms with van der Waals surface area (Å²) in [6.45, 7) is 0.414. The van der Waals surface area contributed by atoms with Crippen LogP contribution in [0.25, 0.3) is 0 Å². The number of carbonyl (C=O) groups excluding carboxylic acids is 1. The average Bonchev–Trinajstić information content (AvgIpc) is 2.35. The van der Waals surface area contributed by atoms with Crippen LogP contribution in [-0.4, -0.2) is 30.7 Å². The molecule has 0 spiro atoms. The minimum Gasteiger partial charge on any atom is -0.496 e. The molecule has 0 aromatic heterocycles. The van der Waals surface area contributed by atoms with E-state index in [1.54, 1.807) is 6.07 Å². The van der Waals surface area contributed by atoms with E-state index in [2.05, 4.69) is 0 Å². The van der Waals surface area contributed by atoms with Crippen LogP contribution in [0.4, 0.5) is 5.69 Å². The molecule has 2 rings (SSSR count). The van der Waals surface area contributed by atoms with Gasteiger partial charge in [-0.1, -0.05) is 0 Å². The highest BCUT2D eigenvalue weighted by atomic mass is 16.6. The maximum atomic E-state index is 10.8. The van der Waals surface area contributed by atoms with E-state index >= 15 is 0 Å². The summed E-state index contributed by atoms with van der Waals surface area (Å²) in [7, 11) is 1.43. The largest absolute Gasteiger partial charge is 0.496 e. The Morgan fingerprint density at radius 1 is 1.26 bits per heavy atom. The summed E-state index contributed by atoms with van der Waals surface area (Å²) in [5.41, 5.74) is -0.0886. The fourth-order valence-electron chi connectivity index (χ4n) is 1.84. The van der Waals surface area contributed by atoms with E-state index in [1.807, 2.05) is 0 Å². The first-order valence-corrected chi connectivity index (χ1v) is 5.71. The van der Waals surface area contributed by atoms with Crippen LogP contribution in [0.2, 0.25) is 0 Å². The van der Waals surface area contributed by atoms with Crippen molar-refractivity contribution in [2.75, 3.05) is 7.11 Å². The van der Waals surface area contributed by atoms with Crippen LogP contribution in [0, 0.1) is 10.1 Å². The second kappa shape index (κ2) is 5.55. The molecule has 0 atom stereocenters. The lowest BCUT2D eigenvalue weighted by molar-refractivity contribution is -0.385. The zero-order valence-corrected chi connectivity index (χ0v) is 10.3. The van der Waals surface area contributed by atoms with Crippen LogP contribution >= 0.6 is 0 Å². The third kappa shape index (κ3) is 3.12. The van der Waals surface area contributed by atoms with Crippen molar-refractivity contribution in [2.24, 2.45) is 0 Å². The van der Waals surface area contributed by atoms with E-state index in [-0.39, 0.29) is 17.9 Å². The molecule has 0 amide bonds. The lowest BCUT2D eigenvalue weighted by atomic mass is 9.92. The Morgan fingerprint density at radius 3 is 2.53 bits per heavy atom. The Hall–Kier alpha value is -2.31. The molecular weight excluding hydrogens is 254 g/mol. The number of hydrogen-bond acceptors (Lipinski definition) is 6. The maximum absolute atomic E-state index is 10.8. The molecule has 102 valence electrons. The number of rotatable bonds is 6. The lowest BCUT2D eigenvalue weighted by Crippen LogP contribution is -2.39. The van der Waals surface area contributed by atoms with Gasteiger partial charge in [-0.3, -0.25) is 14.9 Å². The van der Waals surface area contributed by atoms with Gasteiger partial charge in [-0.25, -0.2) is 0 Å². The van der Waals surface area contributed by atoms with Gasteiger partial charge in [0.25, 0.3) is 12.2 Å². The molecule has 1 aliphatic carbocycles. The number of nitro groups is 1. The SMILES string of the molecule is COc1cc(OC2CC(OC=O)C2)cc([N+](=O)[O-])c1. The summed E-state index contributed by atoms with van der Waals surface area (Å²) < 4.78 is 15.3. The van der Waals surface area contributed by atoms with Gasteiger partial charge in [-0.2, -0.15) is 0 Å². The molecule has 1 aromatic carbocycles. The standard InChI is InChI=1S/C12H13NO6/c1-17-9-2-8(13(15)16)3-11(4-9)19-12-5-10(6-12)18-7-14/h2-4,7,10,12H,5-6H2,1H3. The number of nitro benzene ring substituents is 1. The summed E-state index contributed by atoms with van der Waals surface area (Å²) in [4.78, 5) is 20.4. The molecule has 0 heterocycles. The number of non-ortho nitro benzene ring substituents is 1. The lowest BCUT2D eigenvalue weighted by Gasteiger charge is -2.33. The summed E-state index contributed by atoms with van der Waals surface area (Å²) in [6, 6.07) is 4.25. The monoisotopic (exact) mass is 267 g/mol. The molecule has 7 nitrogen and oxygen atoms in total. The fourth-order valence-corrected chi connectivity index (χ4v) is 1.84. The van der Waals surface area contributed by atoms with Crippen molar-refractivity contribution < 1.29 is 23.9 Å². The summed E-state index contributed by atoms with van der Waals surface area (Å²) in [6.07, 6.45) is 0.952. The van der Waals surface area contributed by atoms with Crippen molar-refractivity contribution in [1.29, 1.82) is 0 Å². The smallest absolute Gasteiger partial charge is 0.293 e. The van der Waals surface area contributed by atoms with Crippen LogP contribution in [0.3, 0.4) is 0 Å². The van der Waals surface area contributed by atoms with Gasteiger partial charge in [-0.15, -0.1) is 0 Å². The van der Waals surface area contributed by atoms with Crippen LogP contribution in [0.1, 0.15) is 12.8 Å². The molecule has 1 aromatic rings. The molecule has 0 bridgehead atoms. The van der Waals surface area contributed by atoms with Crippen LogP contribution in [0.15, 0.2) is 18.2 Å². The fraction of sp³-hybridized carbons (Fsp3) is 0.417. The molecular formula is C12H13NO6. The van der Waals surface area contributed by atoms with Gasteiger partial charge < -0.3 is 14.2 Å². The summed E-state index contributed by atoms with van der Waals surface area (Å²) in [5.74, 6) is 0.741. The molecule has 0 radical (unpaired) electrons. The van der Waals surface area contributed by atoms with Crippen molar-refractivity contribution in [3.05, 3.63) is 28.3 Å². The summed E-state index contributed by atoms with van der Waals surface area (Å²) >= 11 is 0. The Morgan fingerprint density at radius 2 is 1.95 bits per heavy atom. The van der Waals surface area contributed by atoms with Gasteiger partial charge in [0.15, 0.2) is 0 Å². The van der Waals surface area contributed by atoms with Crippen LogP contribution < -0.4 is 9.47 Å². The second-order valence-corrected chi connectivity index (χ2v) is 4.19. The molecule has 0 unspecified atom stereocenters. The van der Waals surface area contributed by atoms with Crippen molar-refractivity contribution in [1.82, 2.24) is 0 Å². The third-order valence-electron chi connectivity index (χ3n) is 2.91. The molecule has 1 saturated carbocycles. The number of ether oxygens (including phenoxy) is 3. The normalized spacial score (nSPS) is 21.1. The van der Waals surface area contributed by atoms with Crippen LogP contribution in [-0.2, 0) is 9.53 Å². The van der Waals surface area contributed by atoms with Gasteiger partial charge in [-0.05, 0) is 0 Å². The van der Waals surface area contributed by atoms with E-state index in [4.69, 9.17) is 14.2 Å². The predicted octanol–water partition coefficient (Wildman–Crippen LogP) is 1.69. The molecule has 0 saturated heterocycles. The van der Waals surface area contributed by atoms with Gasteiger partial charge >= 0.3 is 0 Å². The highest BCUT2D eigenvalue weighted by Gasteiger charge is 2.32. The van der Waals surface area contributed by atoms with E-state index in [0.717, 1.165) is 0 Å². The molecule has 19 heavy (non-hydrogen) atoms. The van der Waals surface area contributed by atoms with E-state index < -0.39 is 4.92 Å². The average molecular weight is 267 g/mol. The Balaban J connectivity index is 2.02. The zero-order chi connectivity index (χ0) is 13.8. The van der Waals surface area contributed by atoms with E-state index in [9.17, 15) is 14.9 Å². The Bertz CT molecular complexity index is 483. The molecule has 1 fully saturated rings. The van der Waals surface area contributed by atoms with Gasteiger partial charge in [0.05, 0.1) is 24.2 Å². The summed E-state index contributed by atoms with van der Waals surface area (Å²) in [5, 5.41) is 10.8. The molecule has 1 aliphatic rings. The number of nitrogens with zero attached hydrogens (tertiary/aromatic N) is 1. The first kappa shape index (κ1) is 13.1. The Labute approximate surface area is 109 Å². The zero-order valence-electron chi connectivity index (χ0n) is 10.3.